The van der Waals surface area contributed by atoms with Crippen LogP contribution >= 0.6 is 11.6 Å². The maximum Gasteiger partial charge on any atom is 0.344 e. The second kappa shape index (κ2) is 8.53. The summed E-state index contributed by atoms with van der Waals surface area (Å²) in [6.45, 7) is 5.03. The molecule has 0 aliphatic carbocycles. The molecular formula is C17H20ClN3O4. The Bertz CT molecular complexity index is 745. The first-order valence-electron chi connectivity index (χ1n) is 7.79. The van der Waals surface area contributed by atoms with E-state index in [0.29, 0.717) is 16.6 Å². The van der Waals surface area contributed by atoms with Crippen LogP contribution in [0.1, 0.15) is 26.8 Å². The molecule has 1 amide bonds. The number of anilines is 1. The lowest BCUT2D eigenvalue weighted by atomic mass is 10.3. The van der Waals surface area contributed by atoms with Crippen LogP contribution in [0.3, 0.4) is 0 Å². The zero-order valence-corrected chi connectivity index (χ0v) is 15.0. The molecule has 2 rings (SSSR count). The highest BCUT2D eigenvalue weighted by Gasteiger charge is 2.20. The summed E-state index contributed by atoms with van der Waals surface area (Å²) in [4.78, 5) is 24.0. The summed E-state index contributed by atoms with van der Waals surface area (Å²) in [6.07, 6.45) is 0.613. The Hall–Kier alpha value is -2.54. The number of aromatic nitrogens is 2. The van der Waals surface area contributed by atoms with E-state index in [0.717, 1.165) is 0 Å². The lowest BCUT2D eigenvalue weighted by Crippen LogP contribution is -2.32. The molecule has 2 aromatic rings. The maximum absolute atomic E-state index is 12.2. The van der Waals surface area contributed by atoms with Crippen molar-refractivity contribution in [2.45, 2.75) is 32.9 Å². The second-order valence-corrected chi connectivity index (χ2v) is 6.00. The summed E-state index contributed by atoms with van der Waals surface area (Å²) in [6, 6.07) is 8.54. The minimum absolute atomic E-state index is 0.0900. The summed E-state index contributed by atoms with van der Waals surface area (Å²) >= 11 is 5.93. The molecular weight excluding hydrogens is 346 g/mol. The third-order valence-electron chi connectivity index (χ3n) is 3.27. The number of nitrogens with one attached hydrogen (secondary N) is 1. The van der Waals surface area contributed by atoms with E-state index in [1.807, 2.05) is 13.8 Å². The molecule has 0 radical (unpaired) electrons. The molecule has 0 saturated heterocycles. The molecule has 1 aromatic carbocycles. The number of hydrogen-bond acceptors (Lipinski definition) is 5. The van der Waals surface area contributed by atoms with Gasteiger partial charge in [0.1, 0.15) is 11.6 Å². The first-order chi connectivity index (χ1) is 11.9. The second-order valence-electron chi connectivity index (χ2n) is 5.60. The van der Waals surface area contributed by atoms with Crippen molar-refractivity contribution in [3.05, 3.63) is 41.6 Å². The molecule has 7 nitrogen and oxygen atoms in total. The van der Waals surface area contributed by atoms with E-state index >= 15 is 0 Å². The molecule has 0 saturated carbocycles. The molecule has 1 aromatic heterocycles. The lowest BCUT2D eigenvalue weighted by molar-refractivity contribution is -0.155. The number of nitrogens with zero attached hydrogens (tertiary/aromatic N) is 2. The Labute approximate surface area is 150 Å². The van der Waals surface area contributed by atoms with Gasteiger partial charge in [-0.25, -0.2) is 9.48 Å². The first-order valence-corrected chi connectivity index (χ1v) is 8.17. The number of esters is 1. The van der Waals surface area contributed by atoms with Crippen molar-refractivity contribution in [2.24, 2.45) is 0 Å². The van der Waals surface area contributed by atoms with Crippen molar-refractivity contribution in [1.82, 2.24) is 9.78 Å². The minimum atomic E-state index is -0.974. The molecule has 1 atom stereocenters. The van der Waals surface area contributed by atoms with Crippen LogP contribution in [0.25, 0.3) is 0 Å². The van der Waals surface area contributed by atoms with Gasteiger partial charge in [-0.05, 0) is 32.9 Å². The molecule has 8 heteroatoms. The molecule has 25 heavy (non-hydrogen) atoms. The molecule has 1 heterocycles. The Morgan fingerprint density at radius 2 is 1.96 bits per heavy atom. The maximum atomic E-state index is 12.2. The number of carbonyl (C=O) groups is 2. The van der Waals surface area contributed by atoms with Crippen LogP contribution in [0.5, 0.6) is 5.75 Å². The number of hydrogen-bond donors (Lipinski definition) is 1. The van der Waals surface area contributed by atoms with Gasteiger partial charge in [0.2, 0.25) is 0 Å². The SMILES string of the molecule is CC(C)n1nccc1NC(=O)[C@@H](C)OC(=O)COc1ccccc1Cl. The fraction of sp³-hybridized carbons (Fsp3) is 0.353. The fourth-order valence-corrected chi connectivity index (χ4v) is 2.23. The molecule has 134 valence electrons. The highest BCUT2D eigenvalue weighted by atomic mass is 35.5. The monoisotopic (exact) mass is 365 g/mol. The van der Waals surface area contributed by atoms with E-state index in [9.17, 15) is 9.59 Å². The van der Waals surface area contributed by atoms with Crippen molar-refractivity contribution < 1.29 is 19.1 Å². The predicted octanol–water partition coefficient (Wildman–Crippen LogP) is 3.07. The van der Waals surface area contributed by atoms with Crippen LogP contribution in [0.15, 0.2) is 36.5 Å². The van der Waals surface area contributed by atoms with Crippen molar-refractivity contribution in [3.8, 4) is 5.75 Å². The smallest absolute Gasteiger partial charge is 0.344 e. The van der Waals surface area contributed by atoms with Gasteiger partial charge in [0.05, 0.1) is 11.2 Å². The number of carbonyl (C=O) groups excluding carboxylic acids is 2. The molecule has 1 N–H and O–H groups in total. The van der Waals surface area contributed by atoms with E-state index < -0.39 is 18.0 Å². The van der Waals surface area contributed by atoms with Gasteiger partial charge in [0.25, 0.3) is 5.91 Å². The van der Waals surface area contributed by atoms with E-state index in [1.165, 1.54) is 6.92 Å². The minimum Gasteiger partial charge on any atom is -0.480 e. The number of rotatable bonds is 7. The Morgan fingerprint density at radius 3 is 2.64 bits per heavy atom. The zero-order chi connectivity index (χ0) is 18.4. The van der Waals surface area contributed by atoms with Gasteiger partial charge in [0.15, 0.2) is 12.7 Å². The predicted molar refractivity (Wildman–Crippen MR) is 93.7 cm³/mol. The summed E-state index contributed by atoms with van der Waals surface area (Å²) in [7, 11) is 0. The molecule has 0 aliphatic rings. The Morgan fingerprint density at radius 1 is 1.24 bits per heavy atom. The Kier molecular flexibility index (Phi) is 6.41. The molecule has 0 aliphatic heterocycles. The standard InChI is InChI=1S/C17H20ClN3O4/c1-11(2)21-15(8-9-19-21)20-17(23)12(3)25-16(22)10-24-14-7-5-4-6-13(14)18/h4-9,11-12H,10H2,1-3H3,(H,20,23)/t12-/m1/s1. The number of ether oxygens (including phenoxy) is 2. The van der Waals surface area contributed by atoms with Gasteiger partial charge in [-0.15, -0.1) is 0 Å². The summed E-state index contributed by atoms with van der Waals surface area (Å²) in [5.41, 5.74) is 0. The van der Waals surface area contributed by atoms with Crippen molar-refractivity contribution in [2.75, 3.05) is 11.9 Å². The van der Waals surface area contributed by atoms with Crippen LogP contribution in [0.4, 0.5) is 5.82 Å². The molecule has 0 unspecified atom stereocenters. The van der Waals surface area contributed by atoms with E-state index in [-0.39, 0.29) is 12.6 Å². The van der Waals surface area contributed by atoms with Crippen LogP contribution < -0.4 is 10.1 Å². The highest BCUT2D eigenvalue weighted by Crippen LogP contribution is 2.23. The third-order valence-corrected chi connectivity index (χ3v) is 3.58. The average Bonchev–Trinajstić information content (AvgIpc) is 3.02. The molecule has 0 bridgehead atoms. The van der Waals surface area contributed by atoms with Gasteiger partial charge >= 0.3 is 5.97 Å². The fourth-order valence-electron chi connectivity index (χ4n) is 2.04. The largest absolute Gasteiger partial charge is 0.480 e. The quantitative estimate of drug-likeness (QED) is 0.762. The highest BCUT2D eigenvalue weighted by molar-refractivity contribution is 6.32. The first kappa shape index (κ1) is 18.8. The third kappa shape index (κ3) is 5.22. The van der Waals surface area contributed by atoms with Crippen LogP contribution in [-0.2, 0) is 14.3 Å². The number of halogens is 1. The summed E-state index contributed by atoms with van der Waals surface area (Å²) in [5, 5.41) is 7.20. The number of benzene rings is 1. The van der Waals surface area contributed by atoms with Crippen LogP contribution in [0.2, 0.25) is 5.02 Å². The zero-order valence-electron chi connectivity index (χ0n) is 14.2. The topological polar surface area (TPSA) is 82.5 Å². The summed E-state index contributed by atoms with van der Waals surface area (Å²) < 4.78 is 12.0. The van der Waals surface area contributed by atoms with E-state index in [1.54, 1.807) is 41.2 Å². The molecule has 0 fully saturated rings. The van der Waals surface area contributed by atoms with Crippen LogP contribution in [-0.4, -0.2) is 34.4 Å². The average molecular weight is 366 g/mol. The van der Waals surface area contributed by atoms with Gasteiger partial charge in [-0.2, -0.15) is 5.10 Å². The number of para-hydroxylation sites is 1. The number of amides is 1. The van der Waals surface area contributed by atoms with Crippen molar-refractivity contribution in [3.63, 3.8) is 0 Å². The van der Waals surface area contributed by atoms with E-state index in [2.05, 4.69) is 10.4 Å². The van der Waals surface area contributed by atoms with E-state index in [4.69, 9.17) is 21.1 Å². The Balaban J connectivity index is 1.85. The summed E-state index contributed by atoms with van der Waals surface area (Å²) in [5.74, 6) is -0.206. The lowest BCUT2D eigenvalue weighted by Gasteiger charge is -2.16. The normalized spacial score (nSPS) is 11.9. The van der Waals surface area contributed by atoms with Crippen molar-refractivity contribution in [1.29, 1.82) is 0 Å². The van der Waals surface area contributed by atoms with Gasteiger partial charge in [-0.3, -0.25) is 4.79 Å². The molecule has 0 spiro atoms. The van der Waals surface area contributed by atoms with Gasteiger partial charge in [0, 0.05) is 12.1 Å². The van der Waals surface area contributed by atoms with Gasteiger partial charge < -0.3 is 14.8 Å². The van der Waals surface area contributed by atoms with Gasteiger partial charge in [-0.1, -0.05) is 23.7 Å². The van der Waals surface area contributed by atoms with Crippen molar-refractivity contribution >= 4 is 29.3 Å². The van der Waals surface area contributed by atoms with Crippen LogP contribution in [0, 0.1) is 0 Å².